The molecule has 8 heteroatoms. The molecule has 0 radical (unpaired) electrons. The lowest BCUT2D eigenvalue weighted by Crippen LogP contribution is -2.40. The van der Waals surface area contributed by atoms with Crippen LogP contribution < -0.4 is 24.4 Å². The molecule has 1 aliphatic rings. The van der Waals surface area contributed by atoms with Crippen molar-refractivity contribution >= 4 is 23.4 Å². The first-order valence-electron chi connectivity index (χ1n) is 13.2. The first-order chi connectivity index (χ1) is 18.6. The highest BCUT2D eigenvalue weighted by atomic mass is 32.1. The molecule has 4 rings (SSSR count). The maximum atomic E-state index is 14.0. The average Bonchev–Trinajstić information content (AvgIpc) is 3.21. The molecule has 0 spiro atoms. The molecule has 0 saturated heterocycles. The molecule has 0 saturated carbocycles. The summed E-state index contributed by atoms with van der Waals surface area (Å²) in [6.45, 7) is 10.5. The Labute approximate surface area is 233 Å². The van der Waals surface area contributed by atoms with E-state index in [-0.39, 0.29) is 17.6 Å². The van der Waals surface area contributed by atoms with Crippen LogP contribution in [-0.2, 0) is 14.9 Å². The zero-order chi connectivity index (χ0) is 28.3. The third-order valence-electron chi connectivity index (χ3n) is 6.70. The average molecular weight is 549 g/mol. The van der Waals surface area contributed by atoms with Gasteiger partial charge >= 0.3 is 5.97 Å². The molecule has 1 aliphatic heterocycles. The van der Waals surface area contributed by atoms with Gasteiger partial charge in [-0.25, -0.2) is 9.79 Å². The number of rotatable bonds is 8. The van der Waals surface area contributed by atoms with Crippen LogP contribution in [0.1, 0.15) is 70.2 Å². The van der Waals surface area contributed by atoms with Crippen LogP contribution in [0.4, 0.5) is 0 Å². The van der Waals surface area contributed by atoms with Crippen molar-refractivity contribution < 1.29 is 19.0 Å². The number of methoxy groups -OCH3 is 2. The molecular weight excluding hydrogens is 512 g/mol. The highest BCUT2D eigenvalue weighted by Crippen LogP contribution is 2.38. The number of hydrogen-bond donors (Lipinski definition) is 0. The van der Waals surface area contributed by atoms with Crippen LogP contribution in [0.2, 0.25) is 0 Å². The number of thiazole rings is 1. The number of ether oxygens (including phenoxy) is 3. The molecule has 0 aliphatic carbocycles. The van der Waals surface area contributed by atoms with E-state index in [0.29, 0.717) is 44.1 Å². The normalized spacial score (nSPS) is 15.6. The smallest absolute Gasteiger partial charge is 0.338 e. The third kappa shape index (κ3) is 5.71. The minimum Gasteiger partial charge on any atom is -0.497 e. The van der Waals surface area contributed by atoms with Gasteiger partial charge in [-0.1, -0.05) is 69.7 Å². The van der Waals surface area contributed by atoms with Gasteiger partial charge in [0.05, 0.1) is 36.6 Å². The summed E-state index contributed by atoms with van der Waals surface area (Å²) in [4.78, 5) is 32.8. The lowest BCUT2D eigenvalue weighted by Gasteiger charge is -2.27. The number of carbonyl (C=O) groups excluding carboxylic acids is 1. The largest absolute Gasteiger partial charge is 0.497 e. The monoisotopic (exact) mass is 548 g/mol. The van der Waals surface area contributed by atoms with Crippen molar-refractivity contribution in [1.82, 2.24) is 4.57 Å². The summed E-state index contributed by atoms with van der Waals surface area (Å²) in [7, 11) is 3.14. The van der Waals surface area contributed by atoms with Gasteiger partial charge in [-0.2, -0.15) is 0 Å². The van der Waals surface area contributed by atoms with Crippen LogP contribution in [0.25, 0.3) is 6.08 Å². The SMILES string of the molecule is CCCC1=C(C(=O)OCC)[C@@H](c2cc(OC)ccc2OC)n2c(s/c(=C\c3ccc(C(C)(C)C)cc3)c2=O)=N1. The van der Waals surface area contributed by atoms with E-state index in [9.17, 15) is 9.59 Å². The Morgan fingerprint density at radius 2 is 1.79 bits per heavy atom. The Morgan fingerprint density at radius 3 is 2.38 bits per heavy atom. The van der Waals surface area contributed by atoms with Crippen LogP contribution in [0, 0.1) is 0 Å². The van der Waals surface area contributed by atoms with E-state index < -0.39 is 12.0 Å². The van der Waals surface area contributed by atoms with Crippen molar-refractivity contribution in [2.75, 3.05) is 20.8 Å². The van der Waals surface area contributed by atoms with Gasteiger partial charge in [0.15, 0.2) is 4.80 Å². The van der Waals surface area contributed by atoms with Gasteiger partial charge < -0.3 is 14.2 Å². The molecule has 0 unspecified atom stereocenters. The topological polar surface area (TPSA) is 79.1 Å². The standard InChI is InChI=1S/C31H36N2O5S/c1-8-10-23-26(29(35)38-9-2)27(22-18-21(36-6)15-16-24(22)37-7)33-28(34)25(39-30(33)32-23)17-19-11-13-20(14-12-19)31(3,4)5/h11-18,27H,8-10H2,1-7H3/b25-17-/t27-/m1/s1. The molecule has 1 atom stereocenters. The summed E-state index contributed by atoms with van der Waals surface area (Å²) in [5, 5.41) is 0. The second-order valence-electron chi connectivity index (χ2n) is 10.4. The van der Waals surface area contributed by atoms with Gasteiger partial charge in [0.1, 0.15) is 17.5 Å². The van der Waals surface area contributed by atoms with Gasteiger partial charge in [0.25, 0.3) is 5.56 Å². The van der Waals surface area contributed by atoms with Crippen LogP contribution in [0.15, 0.2) is 63.5 Å². The minimum absolute atomic E-state index is 0.0346. The van der Waals surface area contributed by atoms with Crippen molar-refractivity contribution in [3.63, 3.8) is 0 Å². The van der Waals surface area contributed by atoms with Gasteiger partial charge in [-0.15, -0.1) is 0 Å². The summed E-state index contributed by atoms with van der Waals surface area (Å²) >= 11 is 1.31. The molecular formula is C31H36N2O5S. The van der Waals surface area contributed by atoms with E-state index in [1.807, 2.05) is 25.1 Å². The summed E-state index contributed by atoms with van der Waals surface area (Å²) < 4.78 is 18.8. The number of esters is 1. The van der Waals surface area contributed by atoms with Gasteiger partial charge in [-0.05, 0) is 54.2 Å². The maximum Gasteiger partial charge on any atom is 0.338 e. The van der Waals surface area contributed by atoms with Crippen LogP contribution >= 0.6 is 11.3 Å². The molecule has 2 aromatic carbocycles. The quantitative estimate of drug-likeness (QED) is 0.375. The van der Waals surface area contributed by atoms with E-state index in [2.05, 4.69) is 32.9 Å². The van der Waals surface area contributed by atoms with Crippen LogP contribution in [0.5, 0.6) is 11.5 Å². The number of benzene rings is 2. The summed E-state index contributed by atoms with van der Waals surface area (Å²) in [6, 6.07) is 12.8. The maximum absolute atomic E-state index is 14.0. The molecule has 2 heterocycles. The Hall–Kier alpha value is -3.65. The number of aromatic nitrogens is 1. The molecule has 7 nitrogen and oxygen atoms in total. The van der Waals surface area contributed by atoms with E-state index in [1.165, 1.54) is 16.9 Å². The first-order valence-corrected chi connectivity index (χ1v) is 14.0. The van der Waals surface area contributed by atoms with Crippen molar-refractivity contribution in [1.29, 1.82) is 0 Å². The Bertz CT molecular complexity index is 1570. The van der Waals surface area contributed by atoms with E-state index in [4.69, 9.17) is 19.2 Å². The fraction of sp³-hybridized carbons (Fsp3) is 0.387. The second-order valence-corrected chi connectivity index (χ2v) is 11.4. The second kappa shape index (κ2) is 11.6. The zero-order valence-electron chi connectivity index (χ0n) is 23.7. The van der Waals surface area contributed by atoms with Crippen LogP contribution in [-0.4, -0.2) is 31.4 Å². The number of allylic oxidation sites excluding steroid dienone is 1. The van der Waals surface area contributed by atoms with Gasteiger partial charge in [0.2, 0.25) is 0 Å². The molecule has 0 bridgehead atoms. The number of fused-ring (bicyclic) bond motifs is 1. The predicted molar refractivity (Wildman–Crippen MR) is 154 cm³/mol. The summed E-state index contributed by atoms with van der Waals surface area (Å²) in [5.41, 5.74) is 3.53. The van der Waals surface area contributed by atoms with Crippen molar-refractivity contribution in [2.45, 2.75) is 58.9 Å². The lowest BCUT2D eigenvalue weighted by atomic mass is 9.87. The highest BCUT2D eigenvalue weighted by Gasteiger charge is 2.36. The minimum atomic E-state index is -0.780. The fourth-order valence-electron chi connectivity index (χ4n) is 4.70. The van der Waals surface area contributed by atoms with E-state index in [1.54, 1.807) is 43.9 Å². The third-order valence-corrected chi connectivity index (χ3v) is 7.68. The molecule has 0 N–H and O–H groups in total. The number of nitrogens with zero attached hydrogens (tertiary/aromatic N) is 2. The van der Waals surface area contributed by atoms with E-state index in [0.717, 1.165) is 12.0 Å². The molecule has 206 valence electrons. The van der Waals surface area contributed by atoms with Crippen molar-refractivity contribution in [2.24, 2.45) is 4.99 Å². The highest BCUT2D eigenvalue weighted by molar-refractivity contribution is 7.07. The number of carbonyl (C=O) groups is 1. The summed E-state index contributed by atoms with van der Waals surface area (Å²) in [5.74, 6) is 0.628. The van der Waals surface area contributed by atoms with Crippen molar-refractivity contribution in [3.8, 4) is 11.5 Å². The Balaban J connectivity index is 2.00. The van der Waals surface area contributed by atoms with Gasteiger partial charge in [0, 0.05) is 5.56 Å². The van der Waals surface area contributed by atoms with Gasteiger partial charge in [-0.3, -0.25) is 9.36 Å². The first kappa shape index (κ1) is 28.4. The zero-order valence-corrected chi connectivity index (χ0v) is 24.5. The van der Waals surface area contributed by atoms with Crippen LogP contribution in [0.3, 0.4) is 0 Å². The summed E-state index contributed by atoms with van der Waals surface area (Å²) in [6.07, 6.45) is 3.22. The number of hydrogen-bond acceptors (Lipinski definition) is 7. The Kier molecular flexibility index (Phi) is 8.45. The lowest BCUT2D eigenvalue weighted by molar-refractivity contribution is -0.139. The molecule has 39 heavy (non-hydrogen) atoms. The molecule has 0 fully saturated rings. The molecule has 3 aromatic rings. The molecule has 0 amide bonds. The van der Waals surface area contributed by atoms with E-state index >= 15 is 0 Å². The van der Waals surface area contributed by atoms with Crippen molar-refractivity contribution in [3.05, 3.63) is 90.1 Å². The predicted octanol–water partition coefficient (Wildman–Crippen LogP) is 4.89. The Morgan fingerprint density at radius 1 is 1.08 bits per heavy atom. The molecule has 1 aromatic heterocycles. The fourth-order valence-corrected chi connectivity index (χ4v) is 5.72.